The second-order valence-corrected chi connectivity index (χ2v) is 7.07. The van der Waals surface area contributed by atoms with Gasteiger partial charge < -0.3 is 5.73 Å². The number of nitrogens with two attached hydrogens (primary N) is 1. The van der Waals surface area contributed by atoms with E-state index in [1.807, 2.05) is 0 Å². The SMILES string of the molecule is CCCC(C(=N)N)N1CCN(S(=O)(=O)c2cn[nH]c2)CC1. The first kappa shape index (κ1) is 15.9. The van der Waals surface area contributed by atoms with Gasteiger partial charge in [0.25, 0.3) is 0 Å². The Hall–Kier alpha value is -1.45. The molecule has 1 aliphatic heterocycles. The lowest BCUT2D eigenvalue weighted by Gasteiger charge is -2.38. The largest absolute Gasteiger partial charge is 0.386 e. The first-order chi connectivity index (χ1) is 9.96. The van der Waals surface area contributed by atoms with Crippen molar-refractivity contribution in [3.05, 3.63) is 12.4 Å². The van der Waals surface area contributed by atoms with Crippen molar-refractivity contribution in [3.8, 4) is 0 Å². The minimum absolute atomic E-state index is 0.0891. The molecule has 1 aromatic rings. The van der Waals surface area contributed by atoms with Crippen LogP contribution in [0.25, 0.3) is 0 Å². The molecule has 0 aliphatic carbocycles. The lowest BCUT2D eigenvalue weighted by molar-refractivity contribution is 0.161. The third-order valence-corrected chi connectivity index (χ3v) is 5.61. The molecule has 1 fully saturated rings. The zero-order chi connectivity index (χ0) is 15.5. The number of amidine groups is 1. The van der Waals surface area contributed by atoms with E-state index in [0.717, 1.165) is 12.8 Å². The van der Waals surface area contributed by atoms with Crippen LogP contribution in [0.3, 0.4) is 0 Å². The summed E-state index contributed by atoms with van der Waals surface area (Å²) in [6.45, 7) is 4.03. The van der Waals surface area contributed by atoms with Gasteiger partial charge in [-0.3, -0.25) is 15.4 Å². The molecule has 0 aromatic carbocycles. The van der Waals surface area contributed by atoms with Gasteiger partial charge in [-0.05, 0) is 6.42 Å². The summed E-state index contributed by atoms with van der Waals surface area (Å²) >= 11 is 0. The molecule has 2 heterocycles. The normalized spacial score (nSPS) is 19.5. The highest BCUT2D eigenvalue weighted by Gasteiger charge is 2.32. The van der Waals surface area contributed by atoms with Gasteiger partial charge in [-0.15, -0.1) is 0 Å². The standard InChI is InChI=1S/C12H22N6O2S/c1-2-3-11(12(13)14)17-4-6-18(7-5-17)21(19,20)10-8-15-16-9-10/h8-9,11H,2-7H2,1H3,(H3,13,14)(H,15,16). The van der Waals surface area contributed by atoms with Crippen molar-refractivity contribution >= 4 is 15.9 Å². The number of nitrogens with zero attached hydrogens (tertiary/aromatic N) is 3. The van der Waals surface area contributed by atoms with Gasteiger partial charge in [-0.25, -0.2) is 8.42 Å². The molecule has 0 bridgehead atoms. The molecule has 2 rings (SSSR count). The van der Waals surface area contributed by atoms with Crippen LogP contribution < -0.4 is 5.73 Å². The molecular weight excluding hydrogens is 292 g/mol. The van der Waals surface area contributed by atoms with Crippen molar-refractivity contribution in [1.82, 2.24) is 19.4 Å². The second-order valence-electron chi connectivity index (χ2n) is 5.13. The molecule has 8 nitrogen and oxygen atoms in total. The fourth-order valence-corrected chi connectivity index (χ4v) is 3.92. The van der Waals surface area contributed by atoms with Crippen molar-refractivity contribution in [1.29, 1.82) is 5.41 Å². The van der Waals surface area contributed by atoms with Crippen LogP contribution in [0.4, 0.5) is 0 Å². The zero-order valence-corrected chi connectivity index (χ0v) is 12.9. The molecule has 4 N–H and O–H groups in total. The minimum atomic E-state index is -3.47. The van der Waals surface area contributed by atoms with Gasteiger partial charge in [0.2, 0.25) is 10.0 Å². The summed E-state index contributed by atoms with van der Waals surface area (Å²) in [6.07, 6.45) is 4.47. The van der Waals surface area contributed by atoms with Gasteiger partial charge in [0.15, 0.2) is 0 Å². The summed E-state index contributed by atoms with van der Waals surface area (Å²) in [5, 5.41) is 13.9. The summed E-state index contributed by atoms with van der Waals surface area (Å²) in [7, 11) is -3.47. The maximum Gasteiger partial charge on any atom is 0.246 e. The highest BCUT2D eigenvalue weighted by atomic mass is 32.2. The zero-order valence-electron chi connectivity index (χ0n) is 12.1. The van der Waals surface area contributed by atoms with E-state index < -0.39 is 10.0 Å². The number of H-pyrrole nitrogens is 1. The fraction of sp³-hybridized carbons (Fsp3) is 0.667. The Morgan fingerprint density at radius 2 is 2.14 bits per heavy atom. The number of rotatable bonds is 6. The van der Waals surface area contributed by atoms with Crippen LogP contribution in [0, 0.1) is 5.41 Å². The summed E-state index contributed by atoms with van der Waals surface area (Å²) in [4.78, 5) is 2.28. The van der Waals surface area contributed by atoms with Crippen LogP contribution in [0.15, 0.2) is 17.3 Å². The van der Waals surface area contributed by atoms with E-state index in [-0.39, 0.29) is 16.8 Å². The Bertz CT molecular complexity index is 563. The first-order valence-electron chi connectivity index (χ1n) is 7.03. The number of aromatic nitrogens is 2. The molecule has 1 atom stereocenters. The van der Waals surface area contributed by atoms with Gasteiger partial charge in [0.1, 0.15) is 10.7 Å². The van der Waals surface area contributed by atoms with Crippen LogP contribution in [0.2, 0.25) is 0 Å². The fourth-order valence-electron chi connectivity index (χ4n) is 2.59. The molecule has 9 heteroatoms. The van der Waals surface area contributed by atoms with Crippen LogP contribution in [0.1, 0.15) is 19.8 Å². The molecule has 0 amide bonds. The first-order valence-corrected chi connectivity index (χ1v) is 8.47. The summed E-state index contributed by atoms with van der Waals surface area (Å²) < 4.78 is 26.2. The summed E-state index contributed by atoms with van der Waals surface area (Å²) in [6, 6.07) is -0.0891. The smallest absolute Gasteiger partial charge is 0.246 e. The minimum Gasteiger partial charge on any atom is -0.386 e. The average molecular weight is 314 g/mol. The van der Waals surface area contributed by atoms with Crippen LogP contribution in [0.5, 0.6) is 0 Å². The maximum absolute atomic E-state index is 12.4. The number of hydrogen-bond acceptors (Lipinski definition) is 5. The number of hydrogen-bond donors (Lipinski definition) is 3. The van der Waals surface area contributed by atoms with Gasteiger partial charge in [0.05, 0.1) is 12.2 Å². The molecule has 1 aromatic heterocycles. The highest BCUT2D eigenvalue weighted by Crippen LogP contribution is 2.18. The van der Waals surface area contributed by atoms with Gasteiger partial charge in [-0.1, -0.05) is 13.3 Å². The molecule has 118 valence electrons. The molecule has 1 unspecified atom stereocenters. The van der Waals surface area contributed by atoms with Gasteiger partial charge in [-0.2, -0.15) is 9.40 Å². The molecule has 21 heavy (non-hydrogen) atoms. The molecule has 0 radical (unpaired) electrons. The average Bonchev–Trinajstić information content (AvgIpc) is 2.99. The summed E-state index contributed by atoms with van der Waals surface area (Å²) in [5.41, 5.74) is 5.65. The van der Waals surface area contributed by atoms with Crippen LogP contribution >= 0.6 is 0 Å². The number of aromatic amines is 1. The van der Waals surface area contributed by atoms with Crippen molar-refractivity contribution in [2.75, 3.05) is 26.2 Å². The monoisotopic (exact) mass is 314 g/mol. The topological polar surface area (TPSA) is 119 Å². The van der Waals surface area contributed by atoms with Crippen molar-refractivity contribution in [3.63, 3.8) is 0 Å². The van der Waals surface area contributed by atoms with Crippen LogP contribution in [-0.4, -0.2) is 65.9 Å². The molecule has 0 spiro atoms. The van der Waals surface area contributed by atoms with E-state index in [2.05, 4.69) is 22.0 Å². The van der Waals surface area contributed by atoms with Crippen molar-refractivity contribution in [2.24, 2.45) is 5.73 Å². The third-order valence-electron chi connectivity index (χ3n) is 3.75. The Labute approximate surface area is 124 Å². The molecule has 0 saturated carbocycles. The van der Waals surface area contributed by atoms with Crippen LogP contribution in [-0.2, 0) is 10.0 Å². The van der Waals surface area contributed by atoms with E-state index in [0.29, 0.717) is 26.2 Å². The number of sulfonamides is 1. The Kier molecular flexibility index (Phi) is 4.96. The van der Waals surface area contributed by atoms with Gasteiger partial charge >= 0.3 is 0 Å². The Balaban J connectivity index is 2.02. The maximum atomic E-state index is 12.4. The molecule has 1 aliphatic rings. The Morgan fingerprint density at radius 3 is 2.62 bits per heavy atom. The van der Waals surface area contributed by atoms with E-state index >= 15 is 0 Å². The quantitative estimate of drug-likeness (QED) is 0.497. The predicted octanol–water partition coefficient (Wildman–Crippen LogP) is -0.179. The van der Waals surface area contributed by atoms with E-state index in [4.69, 9.17) is 11.1 Å². The van der Waals surface area contributed by atoms with Crippen molar-refractivity contribution < 1.29 is 8.42 Å². The number of piperazine rings is 1. The van der Waals surface area contributed by atoms with Crippen molar-refractivity contribution in [2.45, 2.75) is 30.7 Å². The van der Waals surface area contributed by atoms with Gasteiger partial charge in [0, 0.05) is 32.4 Å². The lowest BCUT2D eigenvalue weighted by atomic mass is 10.1. The van der Waals surface area contributed by atoms with E-state index in [1.54, 1.807) is 0 Å². The third kappa shape index (κ3) is 3.42. The predicted molar refractivity (Wildman–Crippen MR) is 79.5 cm³/mol. The second kappa shape index (κ2) is 6.54. The van der Waals surface area contributed by atoms with E-state index in [9.17, 15) is 8.42 Å². The molecule has 1 saturated heterocycles. The molecular formula is C12H22N6O2S. The highest BCUT2D eigenvalue weighted by molar-refractivity contribution is 7.89. The Morgan fingerprint density at radius 1 is 1.48 bits per heavy atom. The summed E-state index contributed by atoms with van der Waals surface area (Å²) in [5.74, 6) is 0.156. The lowest BCUT2D eigenvalue weighted by Crippen LogP contribution is -2.54. The number of nitrogens with one attached hydrogen (secondary N) is 2. The van der Waals surface area contributed by atoms with E-state index in [1.165, 1.54) is 16.7 Å².